The molecule has 82 valence electrons. The maximum Gasteiger partial charge on any atom is 0.223 e. The second-order valence-corrected chi connectivity index (χ2v) is 4.00. The third-order valence-corrected chi connectivity index (χ3v) is 2.43. The Bertz CT molecular complexity index is 473. The summed E-state index contributed by atoms with van der Waals surface area (Å²) in [5, 5.41) is 3.05. The van der Waals surface area contributed by atoms with Crippen LogP contribution in [0.4, 0.5) is 10.3 Å². The lowest BCUT2D eigenvalue weighted by Gasteiger charge is -2.04. The summed E-state index contributed by atoms with van der Waals surface area (Å²) < 4.78 is 13.4. The summed E-state index contributed by atoms with van der Waals surface area (Å²) in [5.74, 6) is 0.307. The highest BCUT2D eigenvalue weighted by molar-refractivity contribution is 9.10. The third kappa shape index (κ3) is 3.00. The summed E-state index contributed by atoms with van der Waals surface area (Å²) in [7, 11) is 0. The normalized spacial score (nSPS) is 10.1. The van der Waals surface area contributed by atoms with Crippen LogP contribution < -0.4 is 5.32 Å². The Morgan fingerprint density at radius 3 is 2.62 bits per heavy atom. The maximum absolute atomic E-state index is 12.7. The molecule has 0 radical (unpaired) electrons. The van der Waals surface area contributed by atoms with Gasteiger partial charge in [-0.3, -0.25) is 0 Å². The first-order valence-electron chi connectivity index (χ1n) is 4.71. The molecule has 5 heteroatoms. The Balaban J connectivity index is 1.99. The van der Waals surface area contributed by atoms with Gasteiger partial charge in [-0.1, -0.05) is 12.1 Å². The number of halogens is 2. The van der Waals surface area contributed by atoms with E-state index in [-0.39, 0.29) is 5.82 Å². The molecule has 1 aromatic heterocycles. The number of hydrogen-bond donors (Lipinski definition) is 1. The number of nitrogens with zero attached hydrogens (tertiary/aromatic N) is 2. The van der Waals surface area contributed by atoms with E-state index in [0.717, 1.165) is 10.2 Å². The summed E-state index contributed by atoms with van der Waals surface area (Å²) in [4.78, 5) is 8.17. The average Bonchev–Trinajstić information content (AvgIpc) is 2.28. The molecule has 1 heterocycles. The van der Waals surface area contributed by atoms with Crippen LogP contribution in [0, 0.1) is 5.82 Å². The SMILES string of the molecule is Fc1ccc(CNc2nccc(Br)n2)cc1. The fourth-order valence-corrected chi connectivity index (χ4v) is 1.49. The Hall–Kier alpha value is -1.49. The van der Waals surface area contributed by atoms with Gasteiger partial charge < -0.3 is 5.32 Å². The van der Waals surface area contributed by atoms with E-state index < -0.39 is 0 Å². The van der Waals surface area contributed by atoms with Crippen LogP contribution in [0.3, 0.4) is 0 Å². The van der Waals surface area contributed by atoms with Gasteiger partial charge in [-0.05, 0) is 39.7 Å². The van der Waals surface area contributed by atoms with Gasteiger partial charge in [0.15, 0.2) is 0 Å². The largest absolute Gasteiger partial charge is 0.350 e. The van der Waals surface area contributed by atoms with Crippen LogP contribution in [0.15, 0.2) is 41.1 Å². The van der Waals surface area contributed by atoms with Crippen LogP contribution in [-0.2, 0) is 6.54 Å². The van der Waals surface area contributed by atoms with Crippen LogP contribution in [0.25, 0.3) is 0 Å². The Kier molecular flexibility index (Phi) is 3.46. The van der Waals surface area contributed by atoms with Crippen LogP contribution in [0.1, 0.15) is 5.56 Å². The van der Waals surface area contributed by atoms with Crippen molar-refractivity contribution in [2.75, 3.05) is 5.32 Å². The smallest absolute Gasteiger partial charge is 0.223 e. The molecule has 1 aromatic carbocycles. The summed E-state index contributed by atoms with van der Waals surface area (Å²) in [6.45, 7) is 0.566. The molecule has 3 nitrogen and oxygen atoms in total. The molecule has 0 atom stereocenters. The van der Waals surface area contributed by atoms with E-state index in [1.165, 1.54) is 12.1 Å². The van der Waals surface area contributed by atoms with Crippen LogP contribution in [-0.4, -0.2) is 9.97 Å². The summed E-state index contributed by atoms with van der Waals surface area (Å²) in [5.41, 5.74) is 0.977. The molecule has 0 amide bonds. The van der Waals surface area contributed by atoms with Crippen molar-refractivity contribution in [2.24, 2.45) is 0 Å². The van der Waals surface area contributed by atoms with E-state index in [9.17, 15) is 4.39 Å². The van der Waals surface area contributed by atoms with Crippen molar-refractivity contribution < 1.29 is 4.39 Å². The van der Waals surface area contributed by atoms with Crippen molar-refractivity contribution in [2.45, 2.75) is 6.54 Å². The summed E-state index contributed by atoms with van der Waals surface area (Å²) in [6, 6.07) is 8.06. The van der Waals surface area contributed by atoms with Crippen molar-refractivity contribution in [3.05, 3.63) is 52.5 Å². The van der Waals surface area contributed by atoms with Crippen LogP contribution in [0.2, 0.25) is 0 Å². The minimum absolute atomic E-state index is 0.234. The monoisotopic (exact) mass is 281 g/mol. The van der Waals surface area contributed by atoms with Crippen molar-refractivity contribution >= 4 is 21.9 Å². The van der Waals surface area contributed by atoms with E-state index in [1.54, 1.807) is 24.4 Å². The standard InChI is InChI=1S/C11H9BrFN3/c12-10-5-6-14-11(16-10)15-7-8-1-3-9(13)4-2-8/h1-6H,7H2,(H,14,15,16). The van der Waals surface area contributed by atoms with Crippen molar-refractivity contribution in [1.82, 2.24) is 9.97 Å². The second-order valence-electron chi connectivity index (χ2n) is 3.18. The third-order valence-electron chi connectivity index (χ3n) is 1.99. The van der Waals surface area contributed by atoms with Gasteiger partial charge in [0.05, 0.1) is 0 Å². The molecule has 2 aromatic rings. The number of anilines is 1. The molecule has 0 spiro atoms. The molecular formula is C11H9BrFN3. The number of rotatable bonds is 3. The minimum Gasteiger partial charge on any atom is -0.350 e. The zero-order valence-corrected chi connectivity index (χ0v) is 9.91. The molecule has 0 bridgehead atoms. The van der Waals surface area contributed by atoms with Gasteiger partial charge in [0.1, 0.15) is 10.4 Å². The fraction of sp³-hybridized carbons (Fsp3) is 0.0909. The lowest BCUT2D eigenvalue weighted by molar-refractivity contribution is 0.627. The number of hydrogen-bond acceptors (Lipinski definition) is 3. The Morgan fingerprint density at radius 1 is 1.19 bits per heavy atom. The summed E-state index contributed by atoms with van der Waals surface area (Å²) >= 11 is 3.26. The van der Waals surface area contributed by atoms with E-state index in [4.69, 9.17) is 0 Å². The lowest BCUT2D eigenvalue weighted by atomic mass is 10.2. The predicted molar refractivity (Wildman–Crippen MR) is 63.5 cm³/mol. The summed E-state index contributed by atoms with van der Waals surface area (Å²) in [6.07, 6.45) is 1.66. The highest BCUT2D eigenvalue weighted by atomic mass is 79.9. The van der Waals surface area contributed by atoms with Gasteiger partial charge in [-0.15, -0.1) is 0 Å². The molecule has 0 saturated carbocycles. The van der Waals surface area contributed by atoms with Crippen molar-refractivity contribution in [3.8, 4) is 0 Å². The molecular weight excluding hydrogens is 273 g/mol. The highest BCUT2D eigenvalue weighted by Gasteiger charge is 1.97. The molecule has 0 saturated heterocycles. The first-order chi connectivity index (χ1) is 7.74. The predicted octanol–water partition coefficient (Wildman–Crippen LogP) is 2.99. The van der Waals surface area contributed by atoms with Gasteiger partial charge in [0.25, 0.3) is 0 Å². The molecule has 16 heavy (non-hydrogen) atoms. The van der Waals surface area contributed by atoms with Gasteiger partial charge >= 0.3 is 0 Å². The Labute approximate surface area is 101 Å². The van der Waals surface area contributed by atoms with Crippen molar-refractivity contribution in [3.63, 3.8) is 0 Å². The molecule has 0 aliphatic carbocycles. The van der Waals surface area contributed by atoms with Gasteiger partial charge in [0.2, 0.25) is 5.95 Å². The molecule has 0 fully saturated rings. The van der Waals surface area contributed by atoms with E-state index in [0.29, 0.717) is 12.5 Å². The van der Waals surface area contributed by atoms with Crippen LogP contribution in [0.5, 0.6) is 0 Å². The second kappa shape index (κ2) is 5.03. The first-order valence-corrected chi connectivity index (χ1v) is 5.50. The molecule has 1 N–H and O–H groups in total. The molecule has 0 aliphatic rings. The van der Waals surface area contributed by atoms with Gasteiger partial charge in [0, 0.05) is 12.7 Å². The van der Waals surface area contributed by atoms with Gasteiger partial charge in [-0.2, -0.15) is 0 Å². The maximum atomic E-state index is 12.7. The van der Waals surface area contributed by atoms with E-state index in [2.05, 4.69) is 31.2 Å². The van der Waals surface area contributed by atoms with E-state index in [1.807, 2.05) is 0 Å². The number of benzene rings is 1. The number of nitrogens with one attached hydrogen (secondary N) is 1. The Morgan fingerprint density at radius 2 is 1.94 bits per heavy atom. The van der Waals surface area contributed by atoms with Gasteiger partial charge in [-0.25, -0.2) is 14.4 Å². The molecule has 0 aliphatic heterocycles. The zero-order valence-electron chi connectivity index (χ0n) is 8.32. The molecule has 2 rings (SSSR count). The van der Waals surface area contributed by atoms with Crippen molar-refractivity contribution in [1.29, 1.82) is 0 Å². The fourth-order valence-electron chi connectivity index (χ4n) is 1.21. The molecule has 0 unspecified atom stereocenters. The average molecular weight is 282 g/mol. The van der Waals surface area contributed by atoms with Crippen LogP contribution >= 0.6 is 15.9 Å². The minimum atomic E-state index is -0.234. The van der Waals surface area contributed by atoms with E-state index >= 15 is 0 Å². The quantitative estimate of drug-likeness (QED) is 0.879. The zero-order chi connectivity index (χ0) is 11.4. The highest BCUT2D eigenvalue weighted by Crippen LogP contribution is 2.09. The topological polar surface area (TPSA) is 37.8 Å². The first kappa shape index (κ1) is 11.0. The lowest BCUT2D eigenvalue weighted by Crippen LogP contribution is -2.03. The number of aromatic nitrogens is 2.